The SMILES string of the molecule is Cc1c(C)c2ccc(NC(=O)c3ccc(S(=O)(=O)N(C)C)cc3)cc2[nH]c1=O. The average Bonchev–Trinajstić information content (AvgIpc) is 2.66. The summed E-state index contributed by atoms with van der Waals surface area (Å²) in [6.07, 6.45) is 0. The van der Waals surface area contributed by atoms with E-state index >= 15 is 0 Å². The molecule has 28 heavy (non-hydrogen) atoms. The Hall–Kier alpha value is -2.97. The number of carbonyl (C=O) groups is 1. The van der Waals surface area contributed by atoms with E-state index in [9.17, 15) is 18.0 Å². The maximum atomic E-state index is 12.5. The van der Waals surface area contributed by atoms with Crippen LogP contribution >= 0.6 is 0 Å². The molecule has 1 aromatic heterocycles. The molecular weight excluding hydrogens is 378 g/mol. The quantitative estimate of drug-likeness (QED) is 0.704. The van der Waals surface area contributed by atoms with Crippen molar-refractivity contribution in [2.45, 2.75) is 18.7 Å². The Morgan fingerprint density at radius 1 is 1.00 bits per heavy atom. The van der Waals surface area contributed by atoms with E-state index in [1.54, 1.807) is 19.1 Å². The Morgan fingerprint density at radius 2 is 1.64 bits per heavy atom. The fraction of sp³-hybridized carbons (Fsp3) is 0.200. The van der Waals surface area contributed by atoms with Gasteiger partial charge in [-0.2, -0.15) is 0 Å². The number of nitrogens with one attached hydrogen (secondary N) is 2. The third-order valence-corrected chi connectivity index (χ3v) is 6.56. The molecule has 2 N–H and O–H groups in total. The molecule has 1 heterocycles. The lowest BCUT2D eigenvalue weighted by Gasteiger charge is -2.12. The molecule has 0 spiro atoms. The number of hydrogen-bond donors (Lipinski definition) is 2. The van der Waals surface area contributed by atoms with Crippen LogP contribution in [0.3, 0.4) is 0 Å². The number of pyridine rings is 1. The van der Waals surface area contributed by atoms with Crippen molar-refractivity contribution in [3.8, 4) is 0 Å². The standard InChI is InChI=1S/C20H21N3O4S/c1-12-13(2)19(24)22-18-11-15(7-10-17(12)18)21-20(25)14-5-8-16(9-6-14)28(26,27)23(3)4/h5-11H,1-4H3,(H,21,25)(H,22,24). The second-order valence-electron chi connectivity index (χ2n) is 6.73. The van der Waals surface area contributed by atoms with Gasteiger partial charge in [-0.15, -0.1) is 0 Å². The predicted octanol–water partition coefficient (Wildman–Crippen LogP) is 2.65. The van der Waals surface area contributed by atoms with Gasteiger partial charge in [0.25, 0.3) is 11.5 Å². The molecule has 0 bridgehead atoms. The van der Waals surface area contributed by atoms with Crippen LogP contribution in [0, 0.1) is 13.8 Å². The summed E-state index contributed by atoms with van der Waals surface area (Å²) in [5, 5.41) is 3.67. The molecule has 0 radical (unpaired) electrons. The van der Waals surface area contributed by atoms with Crippen LogP contribution in [-0.2, 0) is 10.0 Å². The molecule has 8 heteroatoms. The van der Waals surface area contributed by atoms with Crippen LogP contribution in [0.15, 0.2) is 52.2 Å². The minimum atomic E-state index is -3.55. The van der Waals surface area contributed by atoms with Crippen molar-refractivity contribution in [3.63, 3.8) is 0 Å². The summed E-state index contributed by atoms with van der Waals surface area (Å²) in [5.41, 5.74) is 2.89. The number of aromatic amines is 1. The number of amides is 1. The summed E-state index contributed by atoms with van der Waals surface area (Å²) in [6, 6.07) is 11.0. The van der Waals surface area contributed by atoms with Crippen molar-refractivity contribution in [3.05, 3.63) is 69.5 Å². The van der Waals surface area contributed by atoms with E-state index in [1.165, 1.54) is 38.4 Å². The number of anilines is 1. The highest BCUT2D eigenvalue weighted by Gasteiger charge is 2.17. The molecule has 0 saturated carbocycles. The van der Waals surface area contributed by atoms with Gasteiger partial charge in [0.05, 0.1) is 10.4 Å². The van der Waals surface area contributed by atoms with Crippen molar-refractivity contribution in [1.82, 2.24) is 9.29 Å². The summed E-state index contributed by atoms with van der Waals surface area (Å²) in [4.78, 5) is 27.4. The zero-order valence-corrected chi connectivity index (χ0v) is 16.8. The molecule has 3 rings (SSSR count). The minimum Gasteiger partial charge on any atom is -0.322 e. The lowest BCUT2D eigenvalue weighted by atomic mass is 10.1. The van der Waals surface area contributed by atoms with Gasteiger partial charge in [0.15, 0.2) is 0 Å². The number of sulfonamides is 1. The molecule has 0 aliphatic heterocycles. The van der Waals surface area contributed by atoms with Crippen LogP contribution in [0.1, 0.15) is 21.5 Å². The zero-order valence-electron chi connectivity index (χ0n) is 16.0. The van der Waals surface area contributed by atoms with Crippen molar-refractivity contribution in [1.29, 1.82) is 0 Å². The van der Waals surface area contributed by atoms with E-state index in [1.807, 2.05) is 13.0 Å². The van der Waals surface area contributed by atoms with Gasteiger partial charge in [-0.1, -0.05) is 6.07 Å². The van der Waals surface area contributed by atoms with Crippen LogP contribution in [0.25, 0.3) is 10.9 Å². The first-order valence-electron chi connectivity index (χ1n) is 8.58. The number of carbonyl (C=O) groups excluding carboxylic acids is 1. The summed E-state index contributed by atoms with van der Waals surface area (Å²) < 4.78 is 25.3. The molecule has 0 fully saturated rings. The number of aryl methyl sites for hydroxylation is 1. The molecule has 3 aromatic rings. The third kappa shape index (κ3) is 3.56. The number of rotatable bonds is 4. The van der Waals surface area contributed by atoms with Gasteiger partial charge >= 0.3 is 0 Å². The largest absolute Gasteiger partial charge is 0.322 e. The van der Waals surface area contributed by atoms with Crippen LogP contribution in [0.5, 0.6) is 0 Å². The van der Waals surface area contributed by atoms with E-state index in [-0.39, 0.29) is 16.4 Å². The van der Waals surface area contributed by atoms with Crippen LogP contribution in [0.2, 0.25) is 0 Å². The number of nitrogens with zero attached hydrogens (tertiary/aromatic N) is 1. The minimum absolute atomic E-state index is 0.114. The highest BCUT2D eigenvalue weighted by molar-refractivity contribution is 7.89. The summed E-state index contributed by atoms with van der Waals surface area (Å²) in [6.45, 7) is 3.65. The first-order valence-corrected chi connectivity index (χ1v) is 10.0. The van der Waals surface area contributed by atoms with Gasteiger partial charge in [0.1, 0.15) is 0 Å². The van der Waals surface area contributed by atoms with Crippen LogP contribution in [-0.4, -0.2) is 37.7 Å². The van der Waals surface area contributed by atoms with E-state index in [0.29, 0.717) is 22.3 Å². The van der Waals surface area contributed by atoms with Crippen molar-refractivity contribution in [2.75, 3.05) is 19.4 Å². The number of benzene rings is 2. The third-order valence-electron chi connectivity index (χ3n) is 4.73. The summed E-state index contributed by atoms with van der Waals surface area (Å²) in [5.74, 6) is -0.376. The lowest BCUT2D eigenvalue weighted by molar-refractivity contribution is 0.102. The Kier molecular flexibility index (Phi) is 5.10. The van der Waals surface area contributed by atoms with E-state index in [0.717, 1.165) is 15.3 Å². The Bertz CT molecular complexity index is 1230. The van der Waals surface area contributed by atoms with Gasteiger partial charge in [-0.25, -0.2) is 12.7 Å². The van der Waals surface area contributed by atoms with Gasteiger partial charge < -0.3 is 10.3 Å². The van der Waals surface area contributed by atoms with Crippen molar-refractivity contribution in [2.24, 2.45) is 0 Å². The van der Waals surface area contributed by atoms with E-state index in [2.05, 4.69) is 10.3 Å². The molecule has 0 saturated heterocycles. The fourth-order valence-corrected chi connectivity index (χ4v) is 3.73. The predicted molar refractivity (Wildman–Crippen MR) is 109 cm³/mol. The molecule has 0 aliphatic rings. The number of aromatic nitrogens is 1. The second kappa shape index (κ2) is 7.21. The summed E-state index contributed by atoms with van der Waals surface area (Å²) in [7, 11) is -0.651. The number of H-pyrrole nitrogens is 1. The Labute approximate surface area is 163 Å². The molecule has 2 aromatic carbocycles. The maximum Gasteiger partial charge on any atom is 0.255 e. The zero-order chi connectivity index (χ0) is 20.6. The lowest BCUT2D eigenvalue weighted by Crippen LogP contribution is -2.22. The van der Waals surface area contributed by atoms with Gasteiger partial charge in [-0.05, 0) is 55.8 Å². The smallest absolute Gasteiger partial charge is 0.255 e. The monoisotopic (exact) mass is 399 g/mol. The van der Waals surface area contributed by atoms with Gasteiger partial charge in [0.2, 0.25) is 10.0 Å². The molecule has 146 valence electrons. The first-order chi connectivity index (χ1) is 13.1. The van der Waals surface area contributed by atoms with Gasteiger partial charge in [-0.3, -0.25) is 9.59 Å². The molecule has 0 aliphatic carbocycles. The Morgan fingerprint density at radius 3 is 2.25 bits per heavy atom. The normalized spacial score (nSPS) is 11.8. The molecule has 0 atom stereocenters. The van der Waals surface area contributed by atoms with E-state index in [4.69, 9.17) is 0 Å². The highest BCUT2D eigenvalue weighted by Crippen LogP contribution is 2.22. The fourth-order valence-electron chi connectivity index (χ4n) is 2.83. The number of fused-ring (bicyclic) bond motifs is 1. The average molecular weight is 399 g/mol. The molecule has 7 nitrogen and oxygen atoms in total. The van der Waals surface area contributed by atoms with Crippen LogP contribution < -0.4 is 10.9 Å². The van der Waals surface area contributed by atoms with Crippen molar-refractivity contribution < 1.29 is 13.2 Å². The van der Waals surface area contributed by atoms with E-state index < -0.39 is 10.0 Å². The number of hydrogen-bond acceptors (Lipinski definition) is 4. The molecule has 1 amide bonds. The molecule has 0 unspecified atom stereocenters. The Balaban J connectivity index is 1.87. The maximum absolute atomic E-state index is 12.5. The summed E-state index contributed by atoms with van der Waals surface area (Å²) >= 11 is 0. The van der Waals surface area contributed by atoms with Crippen LogP contribution in [0.4, 0.5) is 5.69 Å². The highest BCUT2D eigenvalue weighted by atomic mass is 32.2. The van der Waals surface area contributed by atoms with Crippen molar-refractivity contribution >= 4 is 32.5 Å². The molecular formula is C20H21N3O4S. The topological polar surface area (TPSA) is 99.3 Å². The second-order valence-corrected chi connectivity index (χ2v) is 8.88. The van der Waals surface area contributed by atoms with Gasteiger partial charge in [0, 0.05) is 36.3 Å². The first kappa shape index (κ1) is 19.8.